The van der Waals surface area contributed by atoms with Crippen molar-refractivity contribution in [2.45, 2.75) is 39.2 Å². The topological polar surface area (TPSA) is 37.3 Å². The summed E-state index contributed by atoms with van der Waals surface area (Å²) < 4.78 is 23.9. The standard InChI is InChI=1S/C8H14F2O2/c1-3-5(6(11)4-2)7(12)8(9)10/h5,7-8,12H,3-4H2,1-2H3. The van der Waals surface area contributed by atoms with Crippen LogP contribution in [0.15, 0.2) is 0 Å². The van der Waals surface area contributed by atoms with Crippen LogP contribution in [0.4, 0.5) is 8.78 Å². The minimum Gasteiger partial charge on any atom is -0.386 e. The number of ketones is 1. The lowest BCUT2D eigenvalue weighted by molar-refractivity contribution is -0.131. The molecule has 2 atom stereocenters. The van der Waals surface area contributed by atoms with Gasteiger partial charge in [-0.3, -0.25) is 4.79 Å². The number of rotatable bonds is 5. The van der Waals surface area contributed by atoms with Crippen molar-refractivity contribution < 1.29 is 18.7 Å². The molecule has 1 N–H and O–H groups in total. The summed E-state index contributed by atoms with van der Waals surface area (Å²) in [6.45, 7) is 3.22. The van der Waals surface area contributed by atoms with Gasteiger partial charge in [-0.1, -0.05) is 13.8 Å². The highest BCUT2D eigenvalue weighted by Gasteiger charge is 2.30. The number of hydrogen-bond donors (Lipinski definition) is 1. The lowest BCUT2D eigenvalue weighted by Crippen LogP contribution is -2.33. The Kier molecular flexibility index (Phi) is 4.97. The number of carbonyl (C=O) groups excluding carboxylic acids is 1. The van der Waals surface area contributed by atoms with Gasteiger partial charge in [-0.2, -0.15) is 0 Å². The van der Waals surface area contributed by atoms with Crippen molar-refractivity contribution in [2.75, 3.05) is 0 Å². The van der Waals surface area contributed by atoms with E-state index in [-0.39, 0.29) is 18.6 Å². The maximum atomic E-state index is 12.0. The van der Waals surface area contributed by atoms with Crippen LogP contribution in [0.5, 0.6) is 0 Å². The van der Waals surface area contributed by atoms with Crippen LogP contribution < -0.4 is 0 Å². The second-order valence-electron chi connectivity index (χ2n) is 2.66. The molecule has 0 radical (unpaired) electrons. The molecule has 0 aliphatic heterocycles. The highest BCUT2D eigenvalue weighted by molar-refractivity contribution is 5.81. The lowest BCUT2D eigenvalue weighted by Gasteiger charge is -2.18. The van der Waals surface area contributed by atoms with E-state index in [1.54, 1.807) is 13.8 Å². The predicted molar refractivity (Wildman–Crippen MR) is 41.1 cm³/mol. The first kappa shape index (κ1) is 11.5. The molecule has 0 aromatic carbocycles. The molecule has 0 aromatic heterocycles. The summed E-state index contributed by atoms with van der Waals surface area (Å²) in [5.74, 6) is -1.21. The zero-order valence-corrected chi connectivity index (χ0v) is 7.26. The van der Waals surface area contributed by atoms with Gasteiger partial charge in [-0.25, -0.2) is 8.78 Å². The number of carbonyl (C=O) groups is 1. The summed E-state index contributed by atoms with van der Waals surface area (Å²) in [4.78, 5) is 11.0. The summed E-state index contributed by atoms with van der Waals surface area (Å²) >= 11 is 0. The van der Waals surface area contributed by atoms with Gasteiger partial charge in [0.1, 0.15) is 11.9 Å². The van der Waals surface area contributed by atoms with Crippen molar-refractivity contribution >= 4 is 5.78 Å². The summed E-state index contributed by atoms with van der Waals surface area (Å²) in [5.41, 5.74) is 0. The molecule has 2 nitrogen and oxygen atoms in total. The first-order valence-electron chi connectivity index (χ1n) is 4.03. The van der Waals surface area contributed by atoms with E-state index in [2.05, 4.69) is 0 Å². The van der Waals surface area contributed by atoms with E-state index in [0.717, 1.165) is 0 Å². The molecule has 0 heterocycles. The Balaban J connectivity index is 4.23. The van der Waals surface area contributed by atoms with Gasteiger partial charge < -0.3 is 5.11 Å². The van der Waals surface area contributed by atoms with Crippen molar-refractivity contribution in [3.05, 3.63) is 0 Å². The number of alkyl halides is 2. The van der Waals surface area contributed by atoms with Crippen LogP contribution in [0.1, 0.15) is 26.7 Å². The molecule has 0 aromatic rings. The third-order valence-electron chi connectivity index (χ3n) is 1.87. The third kappa shape index (κ3) is 2.85. The van der Waals surface area contributed by atoms with Crippen LogP contribution in [-0.2, 0) is 4.79 Å². The highest BCUT2D eigenvalue weighted by atomic mass is 19.3. The number of halogens is 2. The monoisotopic (exact) mass is 180 g/mol. The van der Waals surface area contributed by atoms with Crippen LogP contribution in [0.3, 0.4) is 0 Å². The van der Waals surface area contributed by atoms with Crippen molar-refractivity contribution in [2.24, 2.45) is 5.92 Å². The second-order valence-corrected chi connectivity index (χ2v) is 2.66. The quantitative estimate of drug-likeness (QED) is 0.698. The van der Waals surface area contributed by atoms with E-state index in [1.165, 1.54) is 0 Å². The Bertz CT molecular complexity index is 148. The molecule has 0 saturated carbocycles. The zero-order chi connectivity index (χ0) is 9.72. The van der Waals surface area contributed by atoms with Crippen molar-refractivity contribution in [3.8, 4) is 0 Å². The fourth-order valence-electron chi connectivity index (χ4n) is 1.10. The van der Waals surface area contributed by atoms with E-state index in [9.17, 15) is 13.6 Å². The van der Waals surface area contributed by atoms with Gasteiger partial charge in [0.2, 0.25) is 0 Å². The fraction of sp³-hybridized carbons (Fsp3) is 0.875. The first-order valence-corrected chi connectivity index (χ1v) is 4.03. The van der Waals surface area contributed by atoms with Gasteiger partial charge in [-0.05, 0) is 6.42 Å². The van der Waals surface area contributed by atoms with Crippen molar-refractivity contribution in [3.63, 3.8) is 0 Å². The number of hydrogen-bond acceptors (Lipinski definition) is 2. The molecule has 0 bridgehead atoms. The van der Waals surface area contributed by atoms with E-state index >= 15 is 0 Å². The largest absolute Gasteiger partial charge is 0.386 e. The number of aliphatic hydroxyl groups is 1. The number of Topliss-reactive ketones (excluding diaryl/α,β-unsaturated/α-hetero) is 1. The molecular formula is C8H14F2O2. The molecule has 0 spiro atoms. The summed E-state index contributed by atoms with van der Waals surface area (Å²) in [6, 6.07) is 0. The molecule has 0 fully saturated rings. The Morgan fingerprint density at radius 1 is 1.42 bits per heavy atom. The normalized spacial score (nSPS) is 16.2. The van der Waals surface area contributed by atoms with Gasteiger partial charge in [-0.15, -0.1) is 0 Å². The first-order chi connectivity index (χ1) is 5.54. The fourth-order valence-corrected chi connectivity index (χ4v) is 1.10. The average Bonchev–Trinajstić information content (AvgIpc) is 2.05. The Hall–Kier alpha value is -0.510. The molecule has 0 saturated heterocycles. The smallest absolute Gasteiger partial charge is 0.264 e. The molecule has 2 unspecified atom stereocenters. The minimum atomic E-state index is -2.83. The van der Waals surface area contributed by atoms with E-state index in [4.69, 9.17) is 5.11 Å². The van der Waals surface area contributed by atoms with Crippen molar-refractivity contribution in [1.82, 2.24) is 0 Å². The second kappa shape index (κ2) is 5.19. The van der Waals surface area contributed by atoms with E-state index in [1.807, 2.05) is 0 Å². The summed E-state index contributed by atoms with van der Waals surface area (Å²) in [6.07, 6.45) is -4.17. The third-order valence-corrected chi connectivity index (χ3v) is 1.87. The van der Waals surface area contributed by atoms with Crippen LogP contribution >= 0.6 is 0 Å². The van der Waals surface area contributed by atoms with E-state index in [0.29, 0.717) is 0 Å². The van der Waals surface area contributed by atoms with Crippen LogP contribution in [0.25, 0.3) is 0 Å². The van der Waals surface area contributed by atoms with Gasteiger partial charge in [0, 0.05) is 12.3 Å². The van der Waals surface area contributed by atoms with Gasteiger partial charge >= 0.3 is 0 Å². The van der Waals surface area contributed by atoms with E-state index < -0.39 is 18.4 Å². The molecule has 0 amide bonds. The Morgan fingerprint density at radius 2 is 1.92 bits per heavy atom. The number of aliphatic hydroxyl groups excluding tert-OH is 1. The lowest BCUT2D eigenvalue weighted by atomic mass is 9.93. The molecule has 72 valence electrons. The Morgan fingerprint density at radius 3 is 2.17 bits per heavy atom. The molecule has 0 rings (SSSR count). The predicted octanol–water partition coefficient (Wildman–Crippen LogP) is 1.62. The molecule has 12 heavy (non-hydrogen) atoms. The maximum Gasteiger partial charge on any atom is 0.264 e. The molecule has 0 aliphatic carbocycles. The SMILES string of the molecule is CCC(=O)C(CC)C(O)C(F)F. The van der Waals surface area contributed by atoms with Gasteiger partial charge in [0.25, 0.3) is 6.43 Å². The van der Waals surface area contributed by atoms with Gasteiger partial charge in [0.15, 0.2) is 0 Å². The Labute approximate surface area is 70.6 Å². The average molecular weight is 180 g/mol. The maximum absolute atomic E-state index is 12.0. The summed E-state index contributed by atoms with van der Waals surface area (Å²) in [7, 11) is 0. The molecular weight excluding hydrogens is 166 g/mol. The summed E-state index contributed by atoms with van der Waals surface area (Å²) in [5, 5.41) is 8.92. The van der Waals surface area contributed by atoms with Crippen LogP contribution in [-0.4, -0.2) is 23.4 Å². The van der Waals surface area contributed by atoms with Gasteiger partial charge in [0.05, 0.1) is 0 Å². The molecule has 4 heteroatoms. The van der Waals surface area contributed by atoms with Crippen LogP contribution in [0, 0.1) is 5.92 Å². The van der Waals surface area contributed by atoms with Crippen molar-refractivity contribution in [1.29, 1.82) is 0 Å². The zero-order valence-electron chi connectivity index (χ0n) is 7.26. The minimum absolute atomic E-state index is 0.197. The molecule has 0 aliphatic rings. The van der Waals surface area contributed by atoms with Crippen LogP contribution in [0.2, 0.25) is 0 Å². The highest BCUT2D eigenvalue weighted by Crippen LogP contribution is 2.17.